The number of carbonyl (C=O) groups excluding carboxylic acids is 1. The molecular weight excluding hydrogens is 251 g/mol. The van der Waals surface area contributed by atoms with Gasteiger partial charge >= 0.3 is 5.97 Å². The molecule has 0 aliphatic rings. The van der Waals surface area contributed by atoms with Crippen LogP contribution in [0.4, 0.5) is 10.1 Å². The Hall–Kier alpha value is -2.11. The van der Waals surface area contributed by atoms with Crippen LogP contribution in [0.1, 0.15) is 30.6 Å². The number of carbonyl (C=O) groups is 2. The van der Waals surface area contributed by atoms with Crippen LogP contribution in [0.3, 0.4) is 0 Å². The lowest BCUT2D eigenvalue weighted by molar-refractivity contribution is -0.140. The molecule has 0 saturated heterocycles. The normalized spacial score (nSPS) is 13.6. The largest absolute Gasteiger partial charge is 0.480 e. The first kappa shape index (κ1) is 14.9. The van der Waals surface area contributed by atoms with Crippen molar-refractivity contribution in [2.75, 3.05) is 5.73 Å². The van der Waals surface area contributed by atoms with Crippen molar-refractivity contribution in [3.63, 3.8) is 0 Å². The summed E-state index contributed by atoms with van der Waals surface area (Å²) in [6.45, 7) is 3.54. The number of anilines is 1. The fraction of sp³-hybridized carbons (Fsp3) is 0.385. The number of hydrogen-bond acceptors (Lipinski definition) is 3. The predicted molar refractivity (Wildman–Crippen MR) is 69.2 cm³/mol. The van der Waals surface area contributed by atoms with Gasteiger partial charge in [-0.2, -0.15) is 0 Å². The second-order valence-corrected chi connectivity index (χ2v) is 4.38. The molecular formula is C13H17FN2O3. The van der Waals surface area contributed by atoms with Crippen LogP contribution in [0, 0.1) is 11.7 Å². The Morgan fingerprint density at radius 1 is 1.47 bits per heavy atom. The van der Waals surface area contributed by atoms with E-state index in [1.807, 2.05) is 6.92 Å². The van der Waals surface area contributed by atoms with Crippen molar-refractivity contribution in [2.24, 2.45) is 5.92 Å². The van der Waals surface area contributed by atoms with E-state index in [2.05, 4.69) is 5.32 Å². The number of nitrogens with two attached hydrogens (primary N) is 1. The van der Waals surface area contributed by atoms with Gasteiger partial charge in [-0.1, -0.05) is 26.3 Å². The molecule has 19 heavy (non-hydrogen) atoms. The van der Waals surface area contributed by atoms with Gasteiger partial charge in [0.15, 0.2) is 0 Å². The monoisotopic (exact) mass is 268 g/mol. The quantitative estimate of drug-likeness (QED) is 0.708. The summed E-state index contributed by atoms with van der Waals surface area (Å²) in [5.74, 6) is -2.76. The van der Waals surface area contributed by atoms with E-state index in [0.29, 0.717) is 6.42 Å². The van der Waals surface area contributed by atoms with Crippen LogP contribution in [-0.2, 0) is 4.79 Å². The molecule has 1 unspecified atom stereocenters. The van der Waals surface area contributed by atoms with E-state index < -0.39 is 23.7 Å². The Kier molecular flexibility index (Phi) is 4.86. The Morgan fingerprint density at radius 2 is 2.11 bits per heavy atom. The van der Waals surface area contributed by atoms with Crippen LogP contribution in [-0.4, -0.2) is 23.0 Å². The third-order valence-electron chi connectivity index (χ3n) is 3.06. The summed E-state index contributed by atoms with van der Waals surface area (Å²) in [5, 5.41) is 11.4. The number of carboxylic acids is 1. The summed E-state index contributed by atoms with van der Waals surface area (Å²) >= 11 is 0. The predicted octanol–water partition coefficient (Wildman–Crippen LogP) is 1.64. The maximum Gasteiger partial charge on any atom is 0.326 e. The molecule has 1 rings (SSSR count). The molecule has 0 spiro atoms. The molecule has 0 heterocycles. The number of amides is 1. The first-order valence-electron chi connectivity index (χ1n) is 5.96. The van der Waals surface area contributed by atoms with Gasteiger partial charge in [0, 0.05) is 0 Å². The average molecular weight is 268 g/mol. The highest BCUT2D eigenvalue weighted by Gasteiger charge is 2.26. The molecule has 0 aliphatic carbocycles. The number of benzene rings is 1. The zero-order valence-electron chi connectivity index (χ0n) is 10.8. The van der Waals surface area contributed by atoms with Crippen LogP contribution in [0.2, 0.25) is 0 Å². The maximum absolute atomic E-state index is 13.2. The van der Waals surface area contributed by atoms with Gasteiger partial charge in [0.2, 0.25) is 0 Å². The van der Waals surface area contributed by atoms with Gasteiger partial charge in [0.1, 0.15) is 11.9 Å². The number of nitrogens with one attached hydrogen (secondary N) is 1. The number of nitrogen functional groups attached to an aromatic ring is 1. The molecule has 104 valence electrons. The van der Waals surface area contributed by atoms with Gasteiger partial charge in [0.25, 0.3) is 5.91 Å². The minimum atomic E-state index is -1.13. The van der Waals surface area contributed by atoms with Gasteiger partial charge < -0.3 is 16.2 Å². The molecule has 1 aromatic carbocycles. The summed E-state index contributed by atoms with van der Waals surface area (Å²) in [4.78, 5) is 23.0. The van der Waals surface area contributed by atoms with E-state index in [1.165, 1.54) is 12.1 Å². The second-order valence-electron chi connectivity index (χ2n) is 4.38. The molecule has 0 saturated carbocycles. The lowest BCUT2D eigenvalue weighted by Gasteiger charge is -2.20. The Bertz CT molecular complexity index is 491. The van der Waals surface area contributed by atoms with E-state index in [9.17, 15) is 14.0 Å². The molecule has 0 aliphatic heterocycles. The van der Waals surface area contributed by atoms with Crippen molar-refractivity contribution in [3.05, 3.63) is 29.6 Å². The molecule has 1 amide bonds. The van der Waals surface area contributed by atoms with Crippen LogP contribution >= 0.6 is 0 Å². The first-order valence-corrected chi connectivity index (χ1v) is 5.96. The third-order valence-corrected chi connectivity index (χ3v) is 3.06. The Labute approximate surface area is 110 Å². The smallest absolute Gasteiger partial charge is 0.326 e. The van der Waals surface area contributed by atoms with Gasteiger partial charge in [-0.25, -0.2) is 9.18 Å². The number of rotatable bonds is 5. The Morgan fingerprint density at radius 3 is 2.63 bits per heavy atom. The van der Waals surface area contributed by atoms with Crippen molar-refractivity contribution in [1.82, 2.24) is 5.32 Å². The molecule has 1 aromatic rings. The van der Waals surface area contributed by atoms with Crippen molar-refractivity contribution in [2.45, 2.75) is 26.3 Å². The molecule has 5 nitrogen and oxygen atoms in total. The van der Waals surface area contributed by atoms with E-state index in [0.717, 1.165) is 6.07 Å². The molecule has 0 fully saturated rings. The molecule has 0 bridgehead atoms. The fourth-order valence-electron chi connectivity index (χ4n) is 1.64. The van der Waals surface area contributed by atoms with Crippen LogP contribution < -0.4 is 11.1 Å². The highest BCUT2D eigenvalue weighted by Crippen LogP contribution is 2.16. The van der Waals surface area contributed by atoms with Crippen LogP contribution in [0.25, 0.3) is 0 Å². The lowest BCUT2D eigenvalue weighted by Crippen LogP contribution is -2.45. The summed E-state index contributed by atoms with van der Waals surface area (Å²) in [6, 6.07) is 2.80. The number of hydrogen-bond donors (Lipinski definition) is 3. The van der Waals surface area contributed by atoms with Gasteiger partial charge in [-0.3, -0.25) is 4.79 Å². The van der Waals surface area contributed by atoms with Crippen LogP contribution in [0.15, 0.2) is 18.2 Å². The third kappa shape index (κ3) is 3.43. The first-order chi connectivity index (χ1) is 8.88. The SMILES string of the molecule is CCC(C)[C@H](NC(=O)c1cccc(F)c1N)C(=O)O. The molecule has 2 atom stereocenters. The highest BCUT2D eigenvalue weighted by molar-refractivity contribution is 6.00. The van der Waals surface area contributed by atoms with Gasteiger partial charge in [-0.15, -0.1) is 0 Å². The summed E-state index contributed by atoms with van der Waals surface area (Å²) in [5.41, 5.74) is 5.12. The fourth-order valence-corrected chi connectivity index (χ4v) is 1.64. The van der Waals surface area contributed by atoms with Gasteiger partial charge in [0.05, 0.1) is 11.3 Å². The van der Waals surface area contributed by atoms with E-state index in [4.69, 9.17) is 10.8 Å². The maximum atomic E-state index is 13.2. The molecule has 4 N–H and O–H groups in total. The molecule has 6 heteroatoms. The van der Waals surface area contributed by atoms with Crippen molar-refractivity contribution < 1.29 is 19.1 Å². The zero-order valence-corrected chi connectivity index (χ0v) is 10.8. The number of para-hydroxylation sites is 1. The minimum absolute atomic E-state index is 0.0606. The standard InChI is InChI=1S/C13H17FN2O3/c1-3-7(2)11(13(18)19)16-12(17)8-5-4-6-9(14)10(8)15/h4-7,11H,3,15H2,1-2H3,(H,16,17)(H,18,19)/t7?,11-/m0/s1. The van der Waals surface area contributed by atoms with E-state index >= 15 is 0 Å². The summed E-state index contributed by atoms with van der Waals surface area (Å²) in [7, 11) is 0. The number of carboxylic acid groups (broad SMARTS) is 1. The average Bonchev–Trinajstić information content (AvgIpc) is 2.37. The zero-order chi connectivity index (χ0) is 14.6. The summed E-state index contributed by atoms with van der Waals surface area (Å²) in [6.07, 6.45) is 0.593. The number of halogens is 1. The van der Waals surface area contributed by atoms with E-state index in [1.54, 1.807) is 6.92 Å². The van der Waals surface area contributed by atoms with Crippen molar-refractivity contribution in [3.8, 4) is 0 Å². The van der Waals surface area contributed by atoms with E-state index in [-0.39, 0.29) is 17.2 Å². The van der Waals surface area contributed by atoms with Gasteiger partial charge in [-0.05, 0) is 18.1 Å². The second kappa shape index (κ2) is 6.17. The van der Waals surface area contributed by atoms with Crippen molar-refractivity contribution >= 4 is 17.6 Å². The number of aliphatic carboxylic acids is 1. The minimum Gasteiger partial charge on any atom is -0.480 e. The molecule has 0 radical (unpaired) electrons. The van der Waals surface area contributed by atoms with Crippen molar-refractivity contribution in [1.29, 1.82) is 0 Å². The highest BCUT2D eigenvalue weighted by atomic mass is 19.1. The molecule has 0 aromatic heterocycles. The van der Waals surface area contributed by atoms with Crippen LogP contribution in [0.5, 0.6) is 0 Å². The Balaban J connectivity index is 2.94. The summed E-state index contributed by atoms with van der Waals surface area (Å²) < 4.78 is 13.2. The topological polar surface area (TPSA) is 92.4 Å². The lowest BCUT2D eigenvalue weighted by atomic mass is 9.99.